The number of hydrogen-bond acceptors (Lipinski definition) is 5. The Morgan fingerprint density at radius 2 is 1.66 bits per heavy atom. The van der Waals surface area contributed by atoms with Crippen LogP contribution in [0.3, 0.4) is 0 Å². The van der Waals surface area contributed by atoms with E-state index in [1.807, 2.05) is 75.4 Å². The highest BCUT2D eigenvalue weighted by molar-refractivity contribution is 5.80. The van der Waals surface area contributed by atoms with Gasteiger partial charge in [-0.25, -0.2) is 9.59 Å². The molecule has 0 spiro atoms. The predicted octanol–water partition coefficient (Wildman–Crippen LogP) is 6.29. The highest BCUT2D eigenvalue weighted by Gasteiger charge is 2.20. The summed E-state index contributed by atoms with van der Waals surface area (Å²) in [5, 5.41) is 2.75. The van der Waals surface area contributed by atoms with E-state index in [2.05, 4.69) is 10.3 Å². The van der Waals surface area contributed by atoms with Crippen molar-refractivity contribution in [1.29, 1.82) is 0 Å². The van der Waals surface area contributed by atoms with E-state index < -0.39 is 17.8 Å². The van der Waals surface area contributed by atoms with Crippen LogP contribution >= 0.6 is 0 Å². The molecule has 7 heteroatoms. The summed E-state index contributed by atoms with van der Waals surface area (Å²) in [7, 11) is 0. The molecule has 1 amide bonds. The second kappa shape index (κ2) is 10.3. The van der Waals surface area contributed by atoms with Crippen LogP contribution in [0.5, 0.6) is 5.75 Å². The molecule has 0 fully saturated rings. The van der Waals surface area contributed by atoms with E-state index in [4.69, 9.17) is 9.47 Å². The zero-order valence-electron chi connectivity index (χ0n) is 19.9. The smallest absolute Gasteiger partial charge is 0.418 e. The van der Waals surface area contributed by atoms with E-state index in [9.17, 15) is 9.59 Å². The minimum Gasteiger partial charge on any atom is -0.443 e. The molecule has 178 valence electrons. The molecular formula is C28H27N3O4. The lowest BCUT2D eigenvalue weighted by Gasteiger charge is -2.20. The van der Waals surface area contributed by atoms with Gasteiger partial charge in [-0.05, 0) is 62.2 Å². The lowest BCUT2D eigenvalue weighted by Crippen LogP contribution is -2.27. The number of aromatic nitrogens is 2. The highest BCUT2D eigenvalue weighted by atomic mass is 16.6. The highest BCUT2D eigenvalue weighted by Crippen LogP contribution is 2.28. The molecule has 4 rings (SSSR count). The summed E-state index contributed by atoms with van der Waals surface area (Å²) < 4.78 is 12.4. The third kappa shape index (κ3) is 6.35. The summed E-state index contributed by atoms with van der Waals surface area (Å²) in [5.41, 5.74) is 3.44. The molecule has 0 aliphatic rings. The van der Waals surface area contributed by atoms with Crippen LogP contribution in [0.25, 0.3) is 22.4 Å². The maximum absolute atomic E-state index is 12.6. The summed E-state index contributed by atoms with van der Waals surface area (Å²) in [6.45, 7) is 5.86. The fraction of sp³-hybridized carbons (Fsp3) is 0.179. The number of carbonyl (C=O) groups excluding carboxylic acids is 2. The summed E-state index contributed by atoms with van der Waals surface area (Å²) >= 11 is 0. The topological polar surface area (TPSA) is 82.5 Å². The average Bonchev–Trinajstić information content (AvgIpc) is 3.33. The summed E-state index contributed by atoms with van der Waals surface area (Å²) in [4.78, 5) is 29.2. The van der Waals surface area contributed by atoms with Gasteiger partial charge in [-0.2, -0.15) is 0 Å². The number of amides is 1. The van der Waals surface area contributed by atoms with Crippen LogP contribution in [0.1, 0.15) is 26.3 Å². The Morgan fingerprint density at radius 1 is 0.886 bits per heavy atom. The molecule has 2 heterocycles. The van der Waals surface area contributed by atoms with E-state index in [0.29, 0.717) is 18.0 Å². The first-order valence-corrected chi connectivity index (χ1v) is 11.2. The number of hydrogen-bond donors (Lipinski definition) is 1. The first-order chi connectivity index (χ1) is 16.8. The lowest BCUT2D eigenvalue weighted by atomic mass is 10.0. The van der Waals surface area contributed by atoms with Crippen molar-refractivity contribution >= 4 is 12.2 Å². The summed E-state index contributed by atoms with van der Waals surface area (Å²) in [6, 6.07) is 22.4. The Kier molecular flexibility index (Phi) is 6.96. The van der Waals surface area contributed by atoms with E-state index in [0.717, 1.165) is 22.3 Å². The summed E-state index contributed by atoms with van der Waals surface area (Å²) in [6.07, 6.45) is 4.09. The molecule has 2 aromatic carbocycles. The van der Waals surface area contributed by atoms with Crippen LogP contribution in [0.2, 0.25) is 0 Å². The van der Waals surface area contributed by atoms with Crippen molar-refractivity contribution < 1.29 is 19.1 Å². The summed E-state index contributed by atoms with van der Waals surface area (Å²) in [5.74, 6) is 0.413. The Bertz CT molecular complexity index is 1320. The monoisotopic (exact) mass is 469 g/mol. The lowest BCUT2D eigenvalue weighted by molar-refractivity contribution is 0.0540. The fourth-order valence-corrected chi connectivity index (χ4v) is 3.48. The SMILES string of the molecule is CC(C)(C)OC(=O)n1cccc1-c1cncc(-c2cccc(OC(=O)NCc3ccccc3)c2)c1. The van der Waals surface area contributed by atoms with Crippen molar-refractivity contribution in [3.05, 3.63) is 97.0 Å². The van der Waals surface area contributed by atoms with Gasteiger partial charge in [-0.1, -0.05) is 42.5 Å². The Labute approximate surface area is 204 Å². The number of nitrogens with zero attached hydrogens (tertiary/aromatic N) is 2. The normalized spacial score (nSPS) is 11.1. The number of carbonyl (C=O) groups is 2. The minimum atomic E-state index is -0.605. The van der Waals surface area contributed by atoms with Crippen LogP contribution in [0.4, 0.5) is 9.59 Å². The largest absolute Gasteiger partial charge is 0.443 e. The van der Waals surface area contributed by atoms with Gasteiger partial charge in [-0.15, -0.1) is 0 Å². The molecule has 0 saturated carbocycles. The van der Waals surface area contributed by atoms with Gasteiger partial charge in [0, 0.05) is 36.3 Å². The van der Waals surface area contributed by atoms with Crippen LogP contribution in [0.15, 0.2) is 91.4 Å². The van der Waals surface area contributed by atoms with Crippen LogP contribution in [-0.2, 0) is 11.3 Å². The Hall–Kier alpha value is -4.39. The fourth-order valence-electron chi connectivity index (χ4n) is 3.48. The van der Waals surface area contributed by atoms with Gasteiger partial charge < -0.3 is 14.8 Å². The standard InChI is InChI=1S/C28H27N3O4/c1-28(2,3)35-27(33)31-14-8-13-25(31)23-15-22(18-29-19-23)21-11-7-12-24(16-21)34-26(32)30-17-20-9-5-4-6-10-20/h4-16,18-19H,17H2,1-3H3,(H,30,32). The molecular weight excluding hydrogens is 442 g/mol. The van der Waals surface area contributed by atoms with Crippen LogP contribution in [0, 0.1) is 0 Å². The predicted molar refractivity (Wildman–Crippen MR) is 134 cm³/mol. The number of benzene rings is 2. The van der Waals surface area contributed by atoms with Crippen molar-refractivity contribution in [1.82, 2.24) is 14.9 Å². The minimum absolute atomic E-state index is 0.378. The molecule has 0 atom stereocenters. The third-order valence-corrected chi connectivity index (χ3v) is 5.03. The molecule has 0 bridgehead atoms. The van der Waals surface area contributed by atoms with Crippen molar-refractivity contribution in [3.8, 4) is 28.1 Å². The molecule has 7 nitrogen and oxygen atoms in total. The maximum Gasteiger partial charge on any atom is 0.418 e. The Morgan fingerprint density at radius 3 is 2.43 bits per heavy atom. The zero-order chi connectivity index (χ0) is 24.8. The number of nitrogens with one attached hydrogen (secondary N) is 1. The second-order valence-corrected chi connectivity index (χ2v) is 8.96. The molecule has 0 unspecified atom stereocenters. The quantitative estimate of drug-likeness (QED) is 0.371. The first kappa shape index (κ1) is 23.8. The first-order valence-electron chi connectivity index (χ1n) is 11.2. The van der Waals surface area contributed by atoms with Crippen molar-refractivity contribution in [2.45, 2.75) is 32.9 Å². The van der Waals surface area contributed by atoms with Crippen LogP contribution < -0.4 is 10.1 Å². The van der Waals surface area contributed by atoms with Crippen molar-refractivity contribution in [2.75, 3.05) is 0 Å². The Balaban J connectivity index is 1.50. The molecule has 2 aromatic heterocycles. The van der Waals surface area contributed by atoms with Gasteiger partial charge in [0.2, 0.25) is 0 Å². The number of pyridine rings is 1. The third-order valence-electron chi connectivity index (χ3n) is 5.03. The van der Waals surface area contributed by atoms with E-state index >= 15 is 0 Å². The molecule has 0 saturated heterocycles. The molecule has 35 heavy (non-hydrogen) atoms. The van der Waals surface area contributed by atoms with Gasteiger partial charge in [0.05, 0.1) is 5.69 Å². The van der Waals surface area contributed by atoms with Crippen molar-refractivity contribution in [3.63, 3.8) is 0 Å². The van der Waals surface area contributed by atoms with E-state index in [-0.39, 0.29) is 0 Å². The second-order valence-electron chi connectivity index (χ2n) is 8.96. The molecule has 4 aromatic rings. The van der Waals surface area contributed by atoms with Gasteiger partial charge in [0.1, 0.15) is 11.4 Å². The van der Waals surface area contributed by atoms with Crippen molar-refractivity contribution in [2.24, 2.45) is 0 Å². The molecule has 1 N–H and O–H groups in total. The van der Waals surface area contributed by atoms with Gasteiger partial charge >= 0.3 is 12.2 Å². The van der Waals surface area contributed by atoms with E-state index in [1.54, 1.807) is 36.8 Å². The van der Waals surface area contributed by atoms with Gasteiger partial charge in [-0.3, -0.25) is 9.55 Å². The van der Waals surface area contributed by atoms with Gasteiger partial charge in [0.15, 0.2) is 0 Å². The molecule has 0 aliphatic carbocycles. The van der Waals surface area contributed by atoms with Crippen LogP contribution in [-0.4, -0.2) is 27.3 Å². The van der Waals surface area contributed by atoms with Gasteiger partial charge in [0.25, 0.3) is 0 Å². The van der Waals surface area contributed by atoms with E-state index in [1.165, 1.54) is 4.57 Å². The average molecular weight is 470 g/mol. The number of ether oxygens (including phenoxy) is 2. The molecule has 0 radical (unpaired) electrons. The molecule has 0 aliphatic heterocycles. The maximum atomic E-state index is 12.6. The number of rotatable bonds is 5. The zero-order valence-corrected chi connectivity index (χ0v) is 19.9.